The number of unbranched alkanes of at least 4 members (excludes halogenated alkanes) is 1. The van der Waals surface area contributed by atoms with E-state index in [1.807, 2.05) is 20.8 Å². The van der Waals surface area contributed by atoms with Crippen LogP contribution >= 0.6 is 0 Å². The number of hydrogen-bond acceptors (Lipinski definition) is 4. The first kappa shape index (κ1) is 13.2. The maximum Gasteiger partial charge on any atom is 0.508 e. The molecular weight excluding hydrogens is 184 g/mol. The Morgan fingerprint density at radius 3 is 2.50 bits per heavy atom. The fourth-order valence-corrected chi connectivity index (χ4v) is 0.697. The molecule has 14 heavy (non-hydrogen) atoms. The molecule has 0 aromatic carbocycles. The Morgan fingerprint density at radius 2 is 2.00 bits per heavy atom. The van der Waals surface area contributed by atoms with Crippen molar-refractivity contribution in [3.05, 3.63) is 0 Å². The summed E-state index contributed by atoms with van der Waals surface area (Å²) in [6.07, 6.45) is 1.43. The van der Waals surface area contributed by atoms with Gasteiger partial charge in [0.25, 0.3) is 0 Å². The Morgan fingerprint density at radius 1 is 1.36 bits per heavy atom. The zero-order valence-electron chi connectivity index (χ0n) is 9.21. The SMILES string of the molecule is CCC(C)(C)OC(=O)OCCCCO. The summed E-state index contributed by atoms with van der Waals surface area (Å²) in [7, 11) is 0. The Labute approximate surface area is 85.2 Å². The van der Waals surface area contributed by atoms with Gasteiger partial charge in [-0.05, 0) is 33.1 Å². The standard InChI is InChI=1S/C10H20O4/c1-4-10(2,3)14-9(12)13-8-6-5-7-11/h11H,4-8H2,1-3H3. The minimum atomic E-state index is -0.630. The molecule has 0 aliphatic rings. The van der Waals surface area contributed by atoms with Crippen LogP contribution in [-0.2, 0) is 9.47 Å². The number of carbonyl (C=O) groups excluding carboxylic acids is 1. The van der Waals surface area contributed by atoms with Crippen molar-refractivity contribution in [1.82, 2.24) is 0 Å². The zero-order valence-corrected chi connectivity index (χ0v) is 9.21. The zero-order chi connectivity index (χ0) is 11.0. The summed E-state index contributed by atoms with van der Waals surface area (Å²) in [5.74, 6) is 0. The monoisotopic (exact) mass is 204 g/mol. The van der Waals surface area contributed by atoms with Crippen LogP contribution in [0.5, 0.6) is 0 Å². The first-order chi connectivity index (χ1) is 6.52. The molecule has 0 saturated carbocycles. The number of rotatable bonds is 6. The average molecular weight is 204 g/mol. The van der Waals surface area contributed by atoms with E-state index in [9.17, 15) is 4.79 Å². The van der Waals surface area contributed by atoms with Crippen molar-refractivity contribution in [3.8, 4) is 0 Å². The van der Waals surface area contributed by atoms with E-state index in [4.69, 9.17) is 14.6 Å². The van der Waals surface area contributed by atoms with Crippen molar-refractivity contribution >= 4 is 6.16 Å². The van der Waals surface area contributed by atoms with Crippen molar-refractivity contribution in [3.63, 3.8) is 0 Å². The Bertz CT molecular complexity index is 166. The van der Waals surface area contributed by atoms with Crippen LogP contribution < -0.4 is 0 Å². The molecule has 1 N–H and O–H groups in total. The maximum absolute atomic E-state index is 11.1. The lowest BCUT2D eigenvalue weighted by atomic mass is 10.1. The average Bonchev–Trinajstić information content (AvgIpc) is 2.12. The third-order valence-corrected chi connectivity index (χ3v) is 1.98. The van der Waals surface area contributed by atoms with E-state index in [-0.39, 0.29) is 6.61 Å². The molecule has 0 radical (unpaired) electrons. The van der Waals surface area contributed by atoms with Crippen molar-refractivity contribution in [1.29, 1.82) is 0 Å². The third-order valence-electron chi connectivity index (χ3n) is 1.98. The molecule has 0 amide bonds. The van der Waals surface area contributed by atoms with E-state index in [2.05, 4.69) is 0 Å². The van der Waals surface area contributed by atoms with Gasteiger partial charge in [-0.15, -0.1) is 0 Å². The van der Waals surface area contributed by atoms with Gasteiger partial charge in [-0.2, -0.15) is 0 Å². The van der Waals surface area contributed by atoms with E-state index in [1.54, 1.807) is 0 Å². The van der Waals surface area contributed by atoms with Crippen molar-refractivity contribution in [2.24, 2.45) is 0 Å². The summed E-state index contributed by atoms with van der Waals surface area (Å²) >= 11 is 0. The molecular formula is C10H20O4. The van der Waals surface area contributed by atoms with E-state index < -0.39 is 11.8 Å². The summed E-state index contributed by atoms with van der Waals surface area (Å²) in [6, 6.07) is 0. The second-order valence-electron chi connectivity index (χ2n) is 3.74. The molecule has 0 fully saturated rings. The summed E-state index contributed by atoms with van der Waals surface area (Å²) < 4.78 is 9.85. The first-order valence-electron chi connectivity index (χ1n) is 4.98. The van der Waals surface area contributed by atoms with Gasteiger partial charge in [-0.25, -0.2) is 4.79 Å². The molecule has 0 spiro atoms. The molecule has 0 aliphatic carbocycles. The van der Waals surface area contributed by atoms with Crippen LogP contribution in [0.4, 0.5) is 4.79 Å². The fraction of sp³-hybridized carbons (Fsp3) is 0.900. The molecule has 0 aliphatic heterocycles. The quantitative estimate of drug-likeness (QED) is 0.531. The minimum absolute atomic E-state index is 0.124. The predicted octanol–water partition coefficient (Wildman–Crippen LogP) is 2.10. The van der Waals surface area contributed by atoms with Crippen LogP contribution in [0.1, 0.15) is 40.0 Å². The molecule has 4 nitrogen and oxygen atoms in total. The highest BCUT2D eigenvalue weighted by Gasteiger charge is 2.20. The molecule has 0 rings (SSSR count). The fourth-order valence-electron chi connectivity index (χ4n) is 0.697. The Balaban J connectivity index is 3.55. The lowest BCUT2D eigenvalue weighted by Crippen LogP contribution is -2.27. The van der Waals surface area contributed by atoms with Crippen LogP contribution in [0.2, 0.25) is 0 Å². The van der Waals surface area contributed by atoms with E-state index in [0.29, 0.717) is 19.4 Å². The molecule has 84 valence electrons. The van der Waals surface area contributed by atoms with Crippen LogP contribution in [-0.4, -0.2) is 30.1 Å². The smallest absolute Gasteiger partial charge is 0.434 e. The topological polar surface area (TPSA) is 55.8 Å². The predicted molar refractivity (Wildman–Crippen MR) is 53.1 cm³/mol. The number of aliphatic hydroxyl groups is 1. The lowest BCUT2D eigenvalue weighted by Gasteiger charge is -2.22. The maximum atomic E-state index is 11.1. The minimum Gasteiger partial charge on any atom is -0.434 e. The largest absolute Gasteiger partial charge is 0.508 e. The van der Waals surface area contributed by atoms with Crippen LogP contribution in [0.25, 0.3) is 0 Å². The highest BCUT2D eigenvalue weighted by atomic mass is 16.7. The lowest BCUT2D eigenvalue weighted by molar-refractivity contribution is -0.0188. The summed E-state index contributed by atoms with van der Waals surface area (Å²) in [5, 5.41) is 8.48. The van der Waals surface area contributed by atoms with E-state index in [1.165, 1.54) is 0 Å². The Kier molecular flexibility index (Phi) is 6.28. The molecule has 0 heterocycles. The van der Waals surface area contributed by atoms with Gasteiger partial charge < -0.3 is 14.6 Å². The van der Waals surface area contributed by atoms with Crippen molar-refractivity contribution in [2.75, 3.05) is 13.2 Å². The van der Waals surface area contributed by atoms with Crippen molar-refractivity contribution < 1.29 is 19.4 Å². The van der Waals surface area contributed by atoms with Gasteiger partial charge in [0.1, 0.15) is 5.60 Å². The molecule has 0 aromatic rings. The van der Waals surface area contributed by atoms with E-state index in [0.717, 1.165) is 6.42 Å². The summed E-state index contributed by atoms with van der Waals surface area (Å²) in [6.45, 7) is 6.04. The second kappa shape index (κ2) is 6.65. The Hall–Kier alpha value is -0.770. The highest BCUT2D eigenvalue weighted by Crippen LogP contribution is 2.14. The third kappa shape index (κ3) is 6.71. The summed E-state index contributed by atoms with van der Waals surface area (Å²) in [4.78, 5) is 11.1. The molecule has 0 aromatic heterocycles. The van der Waals surface area contributed by atoms with Gasteiger partial charge in [-0.3, -0.25) is 0 Å². The molecule has 0 saturated heterocycles. The highest BCUT2D eigenvalue weighted by molar-refractivity contribution is 5.60. The normalized spacial score (nSPS) is 11.1. The van der Waals surface area contributed by atoms with Crippen molar-refractivity contribution in [2.45, 2.75) is 45.6 Å². The van der Waals surface area contributed by atoms with Gasteiger partial charge in [0.15, 0.2) is 0 Å². The number of aliphatic hydroxyl groups excluding tert-OH is 1. The van der Waals surface area contributed by atoms with E-state index >= 15 is 0 Å². The van der Waals surface area contributed by atoms with Crippen LogP contribution in [0, 0.1) is 0 Å². The van der Waals surface area contributed by atoms with Gasteiger partial charge in [-0.1, -0.05) is 6.92 Å². The molecule has 0 atom stereocenters. The molecule has 0 bridgehead atoms. The first-order valence-corrected chi connectivity index (χ1v) is 4.98. The van der Waals surface area contributed by atoms with Gasteiger partial charge in [0.05, 0.1) is 6.61 Å². The number of hydrogen-bond donors (Lipinski definition) is 1. The summed E-state index contributed by atoms with van der Waals surface area (Å²) in [5.41, 5.74) is -0.464. The van der Waals surface area contributed by atoms with Gasteiger partial charge in [0.2, 0.25) is 0 Å². The number of ether oxygens (including phenoxy) is 2. The van der Waals surface area contributed by atoms with Gasteiger partial charge >= 0.3 is 6.16 Å². The molecule has 4 heteroatoms. The number of carbonyl (C=O) groups is 1. The van der Waals surface area contributed by atoms with Gasteiger partial charge in [0, 0.05) is 6.61 Å². The second-order valence-corrected chi connectivity index (χ2v) is 3.74. The van der Waals surface area contributed by atoms with Crippen LogP contribution in [0.3, 0.4) is 0 Å². The van der Waals surface area contributed by atoms with Crippen LogP contribution in [0.15, 0.2) is 0 Å². The molecule has 0 unspecified atom stereocenters.